The molecule has 0 spiro atoms. The van der Waals surface area contributed by atoms with Gasteiger partial charge in [-0.2, -0.15) is 0 Å². The number of carbonyl (C=O) groups excluding carboxylic acids is 1. The van der Waals surface area contributed by atoms with E-state index in [1.165, 1.54) is 0 Å². The Morgan fingerprint density at radius 3 is 2.94 bits per heavy atom. The van der Waals surface area contributed by atoms with Gasteiger partial charge >= 0.3 is 0 Å². The monoisotopic (exact) mass is 251 g/mol. The Labute approximate surface area is 108 Å². The van der Waals surface area contributed by atoms with E-state index in [1.54, 1.807) is 11.2 Å². The summed E-state index contributed by atoms with van der Waals surface area (Å²) in [6.07, 6.45) is 3.59. The fourth-order valence-electron chi connectivity index (χ4n) is 2.44. The maximum atomic E-state index is 12.4. The molecule has 0 aliphatic carbocycles. The average Bonchev–Trinajstić information content (AvgIpc) is 2.75. The van der Waals surface area contributed by atoms with E-state index in [4.69, 9.17) is 9.15 Å². The summed E-state index contributed by atoms with van der Waals surface area (Å²) in [5.41, 5.74) is 1.07. The molecular weight excluding hydrogens is 230 g/mol. The number of amides is 1. The Morgan fingerprint density at radius 2 is 2.33 bits per heavy atom. The van der Waals surface area contributed by atoms with Gasteiger partial charge in [-0.1, -0.05) is 0 Å². The van der Waals surface area contributed by atoms with Crippen LogP contribution in [0.2, 0.25) is 0 Å². The van der Waals surface area contributed by atoms with E-state index in [-0.39, 0.29) is 17.9 Å². The lowest BCUT2D eigenvalue weighted by molar-refractivity contribution is -0.143. The van der Waals surface area contributed by atoms with Gasteiger partial charge in [0.1, 0.15) is 5.76 Å². The molecule has 1 amide bonds. The fourth-order valence-corrected chi connectivity index (χ4v) is 2.44. The maximum absolute atomic E-state index is 12.4. The van der Waals surface area contributed by atoms with Crippen LogP contribution in [-0.2, 0) is 16.1 Å². The number of furan rings is 1. The van der Waals surface area contributed by atoms with Crippen molar-refractivity contribution >= 4 is 5.91 Å². The van der Waals surface area contributed by atoms with Gasteiger partial charge in [-0.3, -0.25) is 4.79 Å². The second-order valence-corrected chi connectivity index (χ2v) is 5.02. The van der Waals surface area contributed by atoms with Gasteiger partial charge in [0.25, 0.3) is 0 Å². The zero-order chi connectivity index (χ0) is 13.1. The molecule has 2 heterocycles. The quantitative estimate of drug-likeness (QED) is 0.828. The predicted octanol–water partition coefficient (Wildman–Crippen LogP) is 2.36. The second kappa shape index (κ2) is 5.57. The van der Waals surface area contributed by atoms with Crippen molar-refractivity contribution in [1.29, 1.82) is 0 Å². The first-order valence-corrected chi connectivity index (χ1v) is 6.49. The molecule has 1 aliphatic rings. The van der Waals surface area contributed by atoms with Crippen molar-refractivity contribution < 1.29 is 13.9 Å². The molecule has 4 nitrogen and oxygen atoms in total. The van der Waals surface area contributed by atoms with Gasteiger partial charge in [-0.15, -0.1) is 0 Å². The largest absolute Gasteiger partial charge is 0.469 e. The molecule has 100 valence electrons. The van der Waals surface area contributed by atoms with Crippen LogP contribution in [0.5, 0.6) is 0 Å². The van der Waals surface area contributed by atoms with Gasteiger partial charge < -0.3 is 14.1 Å². The lowest BCUT2D eigenvalue weighted by Gasteiger charge is -2.31. The maximum Gasteiger partial charge on any atom is 0.228 e. The van der Waals surface area contributed by atoms with E-state index >= 15 is 0 Å². The van der Waals surface area contributed by atoms with Crippen molar-refractivity contribution in [3.8, 4) is 0 Å². The highest BCUT2D eigenvalue weighted by atomic mass is 16.5. The smallest absolute Gasteiger partial charge is 0.228 e. The molecule has 18 heavy (non-hydrogen) atoms. The van der Waals surface area contributed by atoms with E-state index in [1.807, 2.05) is 27.0 Å². The minimum atomic E-state index is -0.00374. The summed E-state index contributed by atoms with van der Waals surface area (Å²) in [6.45, 7) is 5.28. The number of aryl methyl sites for hydroxylation is 1. The molecule has 0 radical (unpaired) electrons. The highest BCUT2D eigenvalue weighted by molar-refractivity contribution is 5.79. The first-order valence-electron chi connectivity index (χ1n) is 6.49. The van der Waals surface area contributed by atoms with E-state index < -0.39 is 0 Å². The Kier molecular flexibility index (Phi) is 4.07. The van der Waals surface area contributed by atoms with Crippen molar-refractivity contribution in [2.75, 3.05) is 13.7 Å². The van der Waals surface area contributed by atoms with Gasteiger partial charge in [0.15, 0.2) is 0 Å². The Balaban J connectivity index is 1.98. The number of carbonyl (C=O) groups is 1. The normalized spacial score (nSPS) is 23.9. The number of ether oxygens (including phenoxy) is 1. The van der Waals surface area contributed by atoms with Gasteiger partial charge in [0.05, 0.1) is 18.3 Å². The molecule has 0 aromatic carbocycles. The van der Waals surface area contributed by atoms with Crippen molar-refractivity contribution in [3.63, 3.8) is 0 Å². The van der Waals surface area contributed by atoms with E-state index in [0.29, 0.717) is 6.54 Å². The van der Waals surface area contributed by atoms with E-state index in [9.17, 15) is 4.79 Å². The molecular formula is C14H21NO3. The Hall–Kier alpha value is -1.29. The van der Waals surface area contributed by atoms with Crippen LogP contribution < -0.4 is 0 Å². The highest BCUT2D eigenvalue weighted by Gasteiger charge is 2.30. The third-order valence-electron chi connectivity index (χ3n) is 3.67. The minimum absolute atomic E-state index is 0.00374. The molecule has 0 N–H and O–H groups in total. The summed E-state index contributed by atoms with van der Waals surface area (Å²) >= 11 is 0. The van der Waals surface area contributed by atoms with E-state index in [2.05, 4.69) is 0 Å². The molecule has 2 rings (SSSR count). The molecule has 4 heteroatoms. The molecule has 0 saturated carbocycles. The number of hydrogen-bond donors (Lipinski definition) is 0. The van der Waals surface area contributed by atoms with Crippen LogP contribution in [-0.4, -0.2) is 30.6 Å². The average molecular weight is 251 g/mol. The molecule has 1 fully saturated rings. The molecule has 1 aromatic rings. The van der Waals surface area contributed by atoms with Crippen LogP contribution >= 0.6 is 0 Å². The first-order chi connectivity index (χ1) is 8.59. The third kappa shape index (κ3) is 2.75. The summed E-state index contributed by atoms with van der Waals surface area (Å²) in [4.78, 5) is 14.1. The summed E-state index contributed by atoms with van der Waals surface area (Å²) < 4.78 is 10.8. The molecule has 0 bridgehead atoms. The summed E-state index contributed by atoms with van der Waals surface area (Å²) in [7, 11) is 1.84. The first kappa shape index (κ1) is 13.1. The third-order valence-corrected chi connectivity index (χ3v) is 3.67. The van der Waals surface area contributed by atoms with Crippen LogP contribution in [0, 0.1) is 12.8 Å². The number of nitrogens with zero attached hydrogens (tertiary/aromatic N) is 1. The molecule has 2 atom stereocenters. The molecule has 0 unspecified atom stereocenters. The van der Waals surface area contributed by atoms with Crippen molar-refractivity contribution in [2.45, 2.75) is 39.3 Å². The number of hydrogen-bond acceptors (Lipinski definition) is 3. The Bertz CT molecular complexity index is 413. The van der Waals surface area contributed by atoms with Gasteiger partial charge in [0, 0.05) is 25.8 Å². The van der Waals surface area contributed by atoms with Crippen LogP contribution in [0.15, 0.2) is 16.7 Å². The van der Waals surface area contributed by atoms with Crippen molar-refractivity contribution in [3.05, 3.63) is 23.7 Å². The van der Waals surface area contributed by atoms with Crippen molar-refractivity contribution in [2.24, 2.45) is 5.92 Å². The highest BCUT2D eigenvalue weighted by Crippen LogP contribution is 2.23. The predicted molar refractivity (Wildman–Crippen MR) is 68.1 cm³/mol. The zero-order valence-electron chi connectivity index (χ0n) is 11.3. The van der Waals surface area contributed by atoms with Gasteiger partial charge in [-0.05, 0) is 32.8 Å². The van der Waals surface area contributed by atoms with Crippen molar-refractivity contribution in [1.82, 2.24) is 4.90 Å². The Morgan fingerprint density at radius 1 is 1.56 bits per heavy atom. The fraction of sp³-hybridized carbons (Fsp3) is 0.643. The lowest BCUT2D eigenvalue weighted by atomic mass is 9.94. The topological polar surface area (TPSA) is 42.7 Å². The zero-order valence-corrected chi connectivity index (χ0v) is 11.3. The molecule has 1 aliphatic heterocycles. The summed E-state index contributed by atoms with van der Waals surface area (Å²) in [5.74, 6) is 1.04. The second-order valence-electron chi connectivity index (χ2n) is 5.02. The molecule has 1 saturated heterocycles. The lowest BCUT2D eigenvalue weighted by Crippen LogP contribution is -2.40. The summed E-state index contributed by atoms with van der Waals surface area (Å²) in [6, 6.07) is 1.92. The molecule has 1 aromatic heterocycles. The van der Waals surface area contributed by atoms with Crippen LogP contribution in [0.3, 0.4) is 0 Å². The van der Waals surface area contributed by atoms with E-state index in [0.717, 1.165) is 30.8 Å². The van der Waals surface area contributed by atoms with Crippen LogP contribution in [0.1, 0.15) is 31.1 Å². The van der Waals surface area contributed by atoms with Gasteiger partial charge in [0.2, 0.25) is 5.91 Å². The van der Waals surface area contributed by atoms with Gasteiger partial charge in [-0.25, -0.2) is 0 Å². The minimum Gasteiger partial charge on any atom is -0.469 e. The number of rotatable bonds is 3. The SMILES string of the molecule is Cc1occc1CN(C)C(=O)[C@@H]1CCCO[C@H]1C. The van der Waals surface area contributed by atoms with Crippen LogP contribution in [0.4, 0.5) is 0 Å². The standard InChI is InChI=1S/C14H21NO3/c1-10-12(6-8-18-10)9-15(3)14(16)13-5-4-7-17-11(13)2/h6,8,11,13H,4-5,7,9H2,1-3H3/t11-,13+/m0/s1. The van der Waals surface area contributed by atoms with Crippen LogP contribution in [0.25, 0.3) is 0 Å². The summed E-state index contributed by atoms with van der Waals surface area (Å²) in [5, 5.41) is 0.